The maximum Gasteiger partial charge on any atom is 0.302 e. The summed E-state index contributed by atoms with van der Waals surface area (Å²) in [5, 5.41) is 12.4. The number of aldehydes is 1. The van der Waals surface area contributed by atoms with Crippen molar-refractivity contribution < 1.29 is 9.72 Å². The molecule has 0 heterocycles. The molecule has 0 aliphatic rings. The molecular formula is C13H10N2O3. The van der Waals surface area contributed by atoms with E-state index in [1.54, 1.807) is 6.07 Å². The molecule has 0 saturated carbocycles. The zero-order chi connectivity index (χ0) is 13.0. The molecule has 0 aliphatic heterocycles. The number of fused-ring (bicyclic) bond motifs is 1. The van der Waals surface area contributed by atoms with Gasteiger partial charge in [-0.2, -0.15) is 0 Å². The molecule has 18 heavy (non-hydrogen) atoms. The minimum Gasteiger partial charge on any atom is -0.295 e. The Hall–Kier alpha value is -2.56. The first-order valence-electron chi connectivity index (χ1n) is 5.33. The smallest absolute Gasteiger partial charge is 0.295 e. The summed E-state index contributed by atoms with van der Waals surface area (Å²) >= 11 is 0. The number of hydrogen-bond acceptors (Lipinski definition) is 4. The van der Waals surface area contributed by atoms with Gasteiger partial charge in [0.25, 0.3) is 0 Å². The summed E-state index contributed by atoms with van der Waals surface area (Å²) in [7, 11) is 0. The third-order valence-electron chi connectivity index (χ3n) is 2.52. The van der Waals surface area contributed by atoms with Gasteiger partial charge in [0, 0.05) is 10.3 Å². The van der Waals surface area contributed by atoms with Gasteiger partial charge >= 0.3 is 6.04 Å². The van der Waals surface area contributed by atoms with E-state index in [2.05, 4.69) is 4.99 Å². The lowest BCUT2D eigenvalue weighted by Crippen LogP contribution is -2.22. The highest BCUT2D eigenvalue weighted by molar-refractivity contribution is 5.95. The SMILES string of the molecule is O=CC(C=Nc1cccc2ccccc12)[N+](=O)[O-]. The van der Waals surface area contributed by atoms with E-state index in [9.17, 15) is 14.9 Å². The third kappa shape index (κ3) is 2.40. The molecule has 0 saturated heterocycles. The summed E-state index contributed by atoms with van der Waals surface area (Å²) in [5.74, 6) is 0. The van der Waals surface area contributed by atoms with E-state index >= 15 is 0 Å². The lowest BCUT2D eigenvalue weighted by atomic mass is 10.1. The Kier molecular flexibility index (Phi) is 3.43. The predicted molar refractivity (Wildman–Crippen MR) is 68.9 cm³/mol. The largest absolute Gasteiger partial charge is 0.302 e. The summed E-state index contributed by atoms with van der Waals surface area (Å²) in [4.78, 5) is 24.3. The minimum absolute atomic E-state index is 0.259. The Morgan fingerprint density at radius 1 is 1.17 bits per heavy atom. The van der Waals surface area contributed by atoms with E-state index in [0.29, 0.717) is 5.69 Å². The molecule has 0 amide bonds. The summed E-state index contributed by atoms with van der Waals surface area (Å²) < 4.78 is 0. The standard InChI is InChI=1S/C13H10N2O3/c16-9-11(15(17)18)8-14-13-7-3-5-10-4-1-2-6-12(10)13/h1-9,11H. The minimum atomic E-state index is -1.40. The van der Waals surface area contributed by atoms with Crippen molar-refractivity contribution in [3.8, 4) is 0 Å². The van der Waals surface area contributed by atoms with Gasteiger partial charge in [-0.3, -0.25) is 19.9 Å². The molecule has 2 rings (SSSR count). The van der Waals surface area contributed by atoms with E-state index in [1.165, 1.54) is 0 Å². The maximum absolute atomic E-state index is 10.5. The lowest BCUT2D eigenvalue weighted by molar-refractivity contribution is -0.485. The van der Waals surface area contributed by atoms with Crippen molar-refractivity contribution in [3.05, 3.63) is 52.6 Å². The van der Waals surface area contributed by atoms with Crippen LogP contribution < -0.4 is 0 Å². The number of carbonyl (C=O) groups excluding carboxylic acids is 1. The summed E-state index contributed by atoms with van der Waals surface area (Å²) in [6.45, 7) is 0. The van der Waals surface area contributed by atoms with Crippen molar-refractivity contribution in [1.29, 1.82) is 0 Å². The van der Waals surface area contributed by atoms with Crippen molar-refractivity contribution in [2.24, 2.45) is 4.99 Å². The van der Waals surface area contributed by atoms with Gasteiger partial charge in [-0.05, 0) is 11.5 Å². The van der Waals surface area contributed by atoms with Crippen LogP contribution in [0.5, 0.6) is 0 Å². The number of hydrogen-bond donors (Lipinski definition) is 0. The van der Waals surface area contributed by atoms with Crippen LogP contribution in [0.4, 0.5) is 5.69 Å². The highest BCUT2D eigenvalue weighted by Crippen LogP contribution is 2.25. The van der Waals surface area contributed by atoms with Gasteiger partial charge < -0.3 is 0 Å². The zero-order valence-corrected chi connectivity index (χ0v) is 9.39. The molecule has 0 spiro atoms. The van der Waals surface area contributed by atoms with Crippen LogP contribution >= 0.6 is 0 Å². The van der Waals surface area contributed by atoms with Crippen LogP contribution in [0, 0.1) is 10.1 Å². The molecule has 90 valence electrons. The quantitative estimate of drug-likeness (QED) is 0.357. The van der Waals surface area contributed by atoms with Gasteiger partial charge in [0.1, 0.15) is 0 Å². The fraction of sp³-hybridized carbons (Fsp3) is 0.0769. The third-order valence-corrected chi connectivity index (χ3v) is 2.52. The number of nitro groups is 1. The summed E-state index contributed by atoms with van der Waals surface area (Å²) in [6.07, 6.45) is 1.31. The van der Waals surface area contributed by atoms with Crippen LogP contribution in [0.2, 0.25) is 0 Å². The summed E-state index contributed by atoms with van der Waals surface area (Å²) in [6, 6.07) is 11.7. The number of carbonyl (C=O) groups is 1. The highest BCUT2D eigenvalue weighted by Gasteiger charge is 2.14. The average Bonchev–Trinajstić information content (AvgIpc) is 2.39. The number of nitrogens with zero attached hydrogens (tertiary/aromatic N) is 2. The molecule has 2 aromatic rings. The number of rotatable bonds is 4. The fourth-order valence-corrected chi connectivity index (χ4v) is 1.62. The van der Waals surface area contributed by atoms with Crippen LogP contribution in [0.1, 0.15) is 0 Å². The van der Waals surface area contributed by atoms with Gasteiger partial charge in [0.15, 0.2) is 6.29 Å². The van der Waals surface area contributed by atoms with Gasteiger partial charge in [0.2, 0.25) is 0 Å². The first kappa shape index (κ1) is 11.9. The topological polar surface area (TPSA) is 72.6 Å². The molecule has 0 fully saturated rings. The average molecular weight is 242 g/mol. The van der Waals surface area contributed by atoms with Crippen molar-refractivity contribution in [2.75, 3.05) is 0 Å². The van der Waals surface area contributed by atoms with Crippen molar-refractivity contribution >= 4 is 29.0 Å². The van der Waals surface area contributed by atoms with Gasteiger partial charge in [-0.15, -0.1) is 0 Å². The second-order valence-corrected chi connectivity index (χ2v) is 3.69. The van der Waals surface area contributed by atoms with Crippen LogP contribution in [-0.4, -0.2) is 23.5 Å². The Morgan fingerprint density at radius 2 is 1.89 bits per heavy atom. The molecule has 0 aromatic heterocycles. The Bertz CT molecular complexity index is 617. The molecule has 0 bridgehead atoms. The maximum atomic E-state index is 10.5. The molecule has 1 atom stereocenters. The van der Waals surface area contributed by atoms with Crippen molar-refractivity contribution in [3.63, 3.8) is 0 Å². The number of benzene rings is 2. The van der Waals surface area contributed by atoms with E-state index in [4.69, 9.17) is 0 Å². The lowest BCUT2D eigenvalue weighted by Gasteiger charge is -2.01. The zero-order valence-electron chi connectivity index (χ0n) is 9.39. The summed E-state index contributed by atoms with van der Waals surface area (Å²) in [5.41, 5.74) is 0.613. The normalized spacial score (nSPS) is 12.7. The molecule has 0 radical (unpaired) electrons. The number of aliphatic imine (C=N–C) groups is 1. The van der Waals surface area contributed by atoms with E-state index in [0.717, 1.165) is 17.0 Å². The Balaban J connectivity index is 2.40. The molecule has 5 nitrogen and oxygen atoms in total. The first-order chi connectivity index (χ1) is 8.72. The van der Waals surface area contributed by atoms with Crippen LogP contribution in [0.25, 0.3) is 10.8 Å². The van der Waals surface area contributed by atoms with Crippen LogP contribution in [0.3, 0.4) is 0 Å². The van der Waals surface area contributed by atoms with E-state index in [-0.39, 0.29) is 6.29 Å². The fourth-order valence-electron chi connectivity index (χ4n) is 1.62. The van der Waals surface area contributed by atoms with E-state index < -0.39 is 11.0 Å². The van der Waals surface area contributed by atoms with Gasteiger partial charge in [-0.25, -0.2) is 0 Å². The second-order valence-electron chi connectivity index (χ2n) is 3.69. The molecular weight excluding hydrogens is 232 g/mol. The molecule has 0 N–H and O–H groups in total. The molecule has 0 aliphatic carbocycles. The second kappa shape index (κ2) is 5.18. The van der Waals surface area contributed by atoms with Crippen molar-refractivity contribution in [1.82, 2.24) is 0 Å². The molecule has 5 heteroatoms. The molecule has 1 unspecified atom stereocenters. The Labute approximate surface area is 103 Å². The van der Waals surface area contributed by atoms with Gasteiger partial charge in [0.05, 0.1) is 11.9 Å². The van der Waals surface area contributed by atoms with Crippen LogP contribution in [-0.2, 0) is 4.79 Å². The predicted octanol–water partition coefficient (Wildman–Crippen LogP) is 2.39. The van der Waals surface area contributed by atoms with Crippen molar-refractivity contribution in [2.45, 2.75) is 6.04 Å². The molecule has 2 aromatic carbocycles. The highest BCUT2D eigenvalue weighted by atomic mass is 16.6. The van der Waals surface area contributed by atoms with E-state index in [1.807, 2.05) is 36.4 Å². The van der Waals surface area contributed by atoms with Gasteiger partial charge in [-0.1, -0.05) is 36.4 Å². The Morgan fingerprint density at radius 3 is 2.61 bits per heavy atom. The first-order valence-corrected chi connectivity index (χ1v) is 5.33. The monoisotopic (exact) mass is 242 g/mol. The van der Waals surface area contributed by atoms with Crippen LogP contribution in [0.15, 0.2) is 47.5 Å².